The molecule has 0 aliphatic heterocycles. The summed E-state index contributed by atoms with van der Waals surface area (Å²) in [6, 6.07) is 5.73. The van der Waals surface area contributed by atoms with Crippen molar-refractivity contribution in [3.63, 3.8) is 0 Å². The normalized spacial score (nSPS) is 18.6. The molecule has 0 bridgehead atoms. The summed E-state index contributed by atoms with van der Waals surface area (Å²) in [5, 5.41) is 3.34. The van der Waals surface area contributed by atoms with E-state index in [1.54, 1.807) is 6.07 Å². The summed E-state index contributed by atoms with van der Waals surface area (Å²) in [5.74, 6) is 0.190. The van der Waals surface area contributed by atoms with Gasteiger partial charge in [-0.25, -0.2) is 4.39 Å². The van der Waals surface area contributed by atoms with Gasteiger partial charge in [-0.05, 0) is 49.4 Å². The quantitative estimate of drug-likeness (QED) is 0.823. The summed E-state index contributed by atoms with van der Waals surface area (Å²) in [5.41, 5.74) is 1.95. The van der Waals surface area contributed by atoms with Crippen molar-refractivity contribution in [3.05, 3.63) is 35.1 Å². The van der Waals surface area contributed by atoms with Gasteiger partial charge in [0.15, 0.2) is 0 Å². The molecule has 2 rings (SSSR count). The Labute approximate surface area is 97.1 Å². The summed E-state index contributed by atoms with van der Waals surface area (Å²) in [6.07, 6.45) is 3.46. The highest BCUT2D eigenvalue weighted by molar-refractivity contribution is 5.32. The lowest BCUT2D eigenvalue weighted by Gasteiger charge is -2.42. The second-order valence-corrected chi connectivity index (χ2v) is 5.08. The third-order valence-electron chi connectivity index (χ3n) is 3.86. The topological polar surface area (TPSA) is 12.0 Å². The highest BCUT2D eigenvalue weighted by Gasteiger charge is 2.37. The van der Waals surface area contributed by atoms with E-state index in [0.717, 1.165) is 24.0 Å². The number of hydrogen-bond donors (Lipinski definition) is 1. The molecule has 0 radical (unpaired) electrons. The number of nitrogens with one attached hydrogen (secondary N) is 1. The van der Waals surface area contributed by atoms with Crippen molar-refractivity contribution in [1.82, 2.24) is 5.32 Å². The second-order valence-electron chi connectivity index (χ2n) is 5.08. The Morgan fingerprint density at radius 3 is 2.38 bits per heavy atom. The number of benzene rings is 1. The molecule has 1 nitrogen and oxygen atoms in total. The van der Waals surface area contributed by atoms with E-state index in [-0.39, 0.29) is 17.3 Å². The molecule has 1 fully saturated rings. The van der Waals surface area contributed by atoms with Gasteiger partial charge in [0.1, 0.15) is 5.82 Å². The van der Waals surface area contributed by atoms with Gasteiger partial charge in [-0.2, -0.15) is 0 Å². The van der Waals surface area contributed by atoms with Crippen molar-refractivity contribution in [2.75, 3.05) is 7.05 Å². The Hall–Kier alpha value is -0.890. The number of rotatable bonds is 3. The largest absolute Gasteiger partial charge is 0.310 e. The average molecular weight is 221 g/mol. The molecule has 1 saturated carbocycles. The van der Waals surface area contributed by atoms with Gasteiger partial charge in [0.2, 0.25) is 0 Å². The fourth-order valence-corrected chi connectivity index (χ4v) is 2.51. The highest BCUT2D eigenvalue weighted by Crippen LogP contribution is 2.41. The molecule has 0 heterocycles. The lowest BCUT2D eigenvalue weighted by Crippen LogP contribution is -2.46. The molecule has 2 heteroatoms. The van der Waals surface area contributed by atoms with Crippen molar-refractivity contribution >= 4 is 0 Å². The van der Waals surface area contributed by atoms with Crippen LogP contribution in [-0.4, -0.2) is 7.05 Å². The van der Waals surface area contributed by atoms with Crippen LogP contribution in [0.2, 0.25) is 0 Å². The van der Waals surface area contributed by atoms with Crippen LogP contribution in [0.25, 0.3) is 0 Å². The molecule has 0 aromatic heterocycles. The van der Waals surface area contributed by atoms with Gasteiger partial charge < -0.3 is 5.32 Å². The van der Waals surface area contributed by atoms with E-state index in [0.29, 0.717) is 0 Å². The monoisotopic (exact) mass is 221 g/mol. The first kappa shape index (κ1) is 11.6. The minimum atomic E-state index is -0.0611. The van der Waals surface area contributed by atoms with Gasteiger partial charge in [-0.1, -0.05) is 26.0 Å². The Morgan fingerprint density at radius 2 is 2.00 bits per heavy atom. The molecule has 88 valence electrons. The number of hydrogen-bond acceptors (Lipinski definition) is 1. The van der Waals surface area contributed by atoms with Gasteiger partial charge in [-0.3, -0.25) is 0 Å². The van der Waals surface area contributed by atoms with E-state index >= 15 is 0 Å². The third kappa shape index (κ3) is 1.75. The second kappa shape index (κ2) is 4.17. The van der Waals surface area contributed by atoms with E-state index in [9.17, 15) is 4.39 Å². The predicted octanol–water partition coefficient (Wildman–Crippen LogP) is 3.55. The van der Waals surface area contributed by atoms with E-state index in [2.05, 4.69) is 11.4 Å². The first-order chi connectivity index (χ1) is 7.59. The first-order valence-electron chi connectivity index (χ1n) is 6.08. The standard InChI is InChI=1S/C14H20FN/c1-10(2)12-6-5-11(9-13(12)15)14(16-3)7-4-8-14/h5-6,9-10,16H,4,7-8H2,1-3H3. The van der Waals surface area contributed by atoms with Gasteiger partial charge in [0.25, 0.3) is 0 Å². The molecule has 16 heavy (non-hydrogen) atoms. The van der Waals surface area contributed by atoms with Crippen molar-refractivity contribution in [2.24, 2.45) is 0 Å². The zero-order chi connectivity index (χ0) is 11.8. The smallest absolute Gasteiger partial charge is 0.127 e. The van der Waals surface area contributed by atoms with Crippen molar-refractivity contribution in [2.45, 2.75) is 44.6 Å². The fraction of sp³-hybridized carbons (Fsp3) is 0.571. The Bertz CT molecular complexity index is 375. The van der Waals surface area contributed by atoms with E-state index < -0.39 is 0 Å². The van der Waals surface area contributed by atoms with Crippen LogP contribution in [0.15, 0.2) is 18.2 Å². The molecule has 1 aromatic carbocycles. The molecule has 1 N–H and O–H groups in total. The molecule has 1 aromatic rings. The maximum atomic E-state index is 13.9. The molecular formula is C14H20FN. The van der Waals surface area contributed by atoms with Crippen LogP contribution in [0.5, 0.6) is 0 Å². The fourth-order valence-electron chi connectivity index (χ4n) is 2.51. The molecule has 0 amide bonds. The Balaban J connectivity index is 2.34. The summed E-state index contributed by atoms with van der Waals surface area (Å²) in [7, 11) is 1.97. The lowest BCUT2D eigenvalue weighted by molar-refractivity contribution is 0.200. The molecule has 0 saturated heterocycles. The van der Waals surface area contributed by atoms with Gasteiger partial charge in [0, 0.05) is 5.54 Å². The lowest BCUT2D eigenvalue weighted by atomic mass is 9.71. The number of halogens is 1. The van der Waals surface area contributed by atoms with Crippen LogP contribution in [-0.2, 0) is 5.54 Å². The average Bonchev–Trinajstić information content (AvgIpc) is 2.16. The summed E-state index contributed by atoms with van der Waals surface area (Å²) >= 11 is 0. The summed E-state index contributed by atoms with van der Waals surface area (Å²) in [6.45, 7) is 4.05. The molecule has 0 atom stereocenters. The zero-order valence-corrected chi connectivity index (χ0v) is 10.3. The Kier molecular flexibility index (Phi) is 3.02. The van der Waals surface area contributed by atoms with Gasteiger partial charge >= 0.3 is 0 Å². The SMILES string of the molecule is CNC1(c2ccc(C(C)C)c(F)c2)CCC1. The van der Waals surface area contributed by atoms with E-state index in [1.807, 2.05) is 27.0 Å². The van der Waals surface area contributed by atoms with Crippen LogP contribution in [0.1, 0.15) is 50.2 Å². The maximum Gasteiger partial charge on any atom is 0.127 e. The minimum absolute atomic E-state index is 0.0380. The van der Waals surface area contributed by atoms with Crippen LogP contribution >= 0.6 is 0 Å². The van der Waals surface area contributed by atoms with E-state index in [4.69, 9.17) is 0 Å². The molecular weight excluding hydrogens is 201 g/mol. The summed E-state index contributed by atoms with van der Waals surface area (Å²) in [4.78, 5) is 0. The third-order valence-corrected chi connectivity index (χ3v) is 3.86. The Morgan fingerprint density at radius 1 is 1.31 bits per heavy atom. The van der Waals surface area contributed by atoms with Crippen LogP contribution in [0, 0.1) is 5.82 Å². The maximum absolute atomic E-state index is 13.9. The van der Waals surface area contributed by atoms with Crippen LogP contribution < -0.4 is 5.32 Å². The molecule has 0 spiro atoms. The van der Waals surface area contributed by atoms with Crippen molar-refractivity contribution in [1.29, 1.82) is 0 Å². The zero-order valence-electron chi connectivity index (χ0n) is 10.3. The molecule has 0 unspecified atom stereocenters. The highest BCUT2D eigenvalue weighted by atomic mass is 19.1. The van der Waals surface area contributed by atoms with Crippen LogP contribution in [0.3, 0.4) is 0 Å². The van der Waals surface area contributed by atoms with E-state index in [1.165, 1.54) is 6.42 Å². The van der Waals surface area contributed by atoms with Crippen molar-refractivity contribution < 1.29 is 4.39 Å². The van der Waals surface area contributed by atoms with Crippen molar-refractivity contribution in [3.8, 4) is 0 Å². The predicted molar refractivity (Wildman–Crippen MR) is 65.1 cm³/mol. The molecule has 1 aliphatic carbocycles. The van der Waals surface area contributed by atoms with Gasteiger partial charge in [0.05, 0.1) is 0 Å². The van der Waals surface area contributed by atoms with Gasteiger partial charge in [-0.15, -0.1) is 0 Å². The van der Waals surface area contributed by atoms with Crippen LogP contribution in [0.4, 0.5) is 4.39 Å². The molecule has 1 aliphatic rings. The summed E-state index contributed by atoms with van der Waals surface area (Å²) < 4.78 is 13.9. The minimum Gasteiger partial charge on any atom is -0.310 e. The first-order valence-corrected chi connectivity index (χ1v) is 6.08.